The molecule has 0 bridgehead atoms. The van der Waals surface area contributed by atoms with Crippen molar-refractivity contribution >= 4 is 26.5 Å². The van der Waals surface area contributed by atoms with Gasteiger partial charge in [0, 0.05) is 47.8 Å². The molecule has 0 aliphatic carbocycles. The molecule has 2 heterocycles. The molecule has 4 rings (SSSR count). The van der Waals surface area contributed by atoms with Crippen LogP contribution in [0.4, 0.5) is 10.1 Å². The van der Waals surface area contributed by atoms with Crippen LogP contribution in [0.15, 0.2) is 68.7 Å². The normalized spacial score (nSPS) is 11.7. The maximum Gasteiger partial charge on any atom is 0.273 e. The van der Waals surface area contributed by atoms with Gasteiger partial charge in [-0.1, -0.05) is 12.6 Å². The number of hydrogen-bond acceptors (Lipinski definition) is 5. The number of nitrogens with zero attached hydrogens (tertiary/aromatic N) is 1. The number of anilines is 1. The van der Waals surface area contributed by atoms with Crippen molar-refractivity contribution in [2.75, 3.05) is 12.4 Å². The van der Waals surface area contributed by atoms with Crippen LogP contribution in [0, 0.1) is 19.7 Å². The molecular weight excluding hydrogens is 443 g/mol. The van der Waals surface area contributed by atoms with Crippen molar-refractivity contribution in [3.8, 4) is 22.5 Å². The Bertz CT molecular complexity index is 1600. The minimum Gasteiger partial charge on any atom is -0.455 e. The highest BCUT2D eigenvalue weighted by Crippen LogP contribution is 2.39. The summed E-state index contributed by atoms with van der Waals surface area (Å²) < 4.78 is 47.2. The van der Waals surface area contributed by atoms with Gasteiger partial charge in [0.1, 0.15) is 22.8 Å². The van der Waals surface area contributed by atoms with Crippen molar-refractivity contribution in [3.63, 3.8) is 0 Å². The van der Waals surface area contributed by atoms with Crippen LogP contribution in [-0.2, 0) is 16.9 Å². The average molecular weight is 467 g/mol. The Morgan fingerprint density at radius 3 is 2.55 bits per heavy atom. The number of halogens is 1. The fourth-order valence-electron chi connectivity index (χ4n) is 3.96. The van der Waals surface area contributed by atoms with Crippen LogP contribution in [0.3, 0.4) is 0 Å². The number of benzene rings is 2. The lowest BCUT2D eigenvalue weighted by Gasteiger charge is -2.11. The quantitative estimate of drug-likeness (QED) is 0.438. The zero-order valence-electron chi connectivity index (χ0n) is 18.7. The summed E-state index contributed by atoms with van der Waals surface area (Å²) >= 11 is 0. The molecule has 33 heavy (non-hydrogen) atoms. The molecule has 0 saturated heterocycles. The summed E-state index contributed by atoms with van der Waals surface area (Å²) in [6.45, 7) is 6.95. The molecular formula is C25H23FN2O4S. The van der Waals surface area contributed by atoms with E-state index < -0.39 is 9.84 Å². The van der Waals surface area contributed by atoms with Gasteiger partial charge in [0.05, 0.1) is 4.90 Å². The van der Waals surface area contributed by atoms with E-state index >= 15 is 0 Å². The van der Waals surface area contributed by atoms with E-state index in [1.165, 1.54) is 22.8 Å². The number of hydrogen-bond donors (Lipinski definition) is 1. The first-order chi connectivity index (χ1) is 15.6. The third kappa shape index (κ3) is 3.76. The summed E-state index contributed by atoms with van der Waals surface area (Å²) in [4.78, 5) is 12.4. The number of pyridine rings is 1. The second kappa shape index (κ2) is 8.04. The molecule has 0 fully saturated rings. The van der Waals surface area contributed by atoms with Gasteiger partial charge in [0.15, 0.2) is 9.84 Å². The van der Waals surface area contributed by atoms with Crippen molar-refractivity contribution in [1.29, 1.82) is 0 Å². The number of furan rings is 1. The van der Waals surface area contributed by atoms with E-state index in [1.54, 1.807) is 45.4 Å². The second-order valence-corrected chi connectivity index (χ2v) is 9.78. The molecule has 0 unspecified atom stereocenters. The van der Waals surface area contributed by atoms with E-state index in [4.69, 9.17) is 4.42 Å². The summed E-state index contributed by atoms with van der Waals surface area (Å²) in [5.74, 6) is 0.0653. The van der Waals surface area contributed by atoms with Gasteiger partial charge < -0.3 is 14.3 Å². The highest BCUT2D eigenvalue weighted by molar-refractivity contribution is 7.94. The van der Waals surface area contributed by atoms with Crippen molar-refractivity contribution in [3.05, 3.63) is 81.9 Å². The minimum absolute atomic E-state index is 0.0416. The van der Waals surface area contributed by atoms with Gasteiger partial charge >= 0.3 is 0 Å². The van der Waals surface area contributed by atoms with Crippen LogP contribution in [0.25, 0.3) is 33.4 Å². The first-order valence-electron chi connectivity index (χ1n) is 10.2. The molecule has 6 nitrogen and oxygen atoms in total. The summed E-state index contributed by atoms with van der Waals surface area (Å²) in [7, 11) is -0.508. The highest BCUT2D eigenvalue weighted by atomic mass is 32.2. The molecule has 0 aliphatic heterocycles. The number of fused-ring (bicyclic) bond motifs is 1. The van der Waals surface area contributed by atoms with Gasteiger partial charge in [-0.25, -0.2) is 12.8 Å². The summed E-state index contributed by atoms with van der Waals surface area (Å²) in [6.07, 6.45) is 1.61. The monoisotopic (exact) mass is 466 g/mol. The Kier molecular flexibility index (Phi) is 5.49. The largest absolute Gasteiger partial charge is 0.455 e. The number of aromatic nitrogens is 1. The van der Waals surface area contributed by atoms with Gasteiger partial charge in [-0.3, -0.25) is 4.79 Å². The predicted molar refractivity (Wildman–Crippen MR) is 129 cm³/mol. The first-order valence-corrected chi connectivity index (χ1v) is 11.7. The Balaban J connectivity index is 2.10. The summed E-state index contributed by atoms with van der Waals surface area (Å²) in [6, 6.07) is 9.43. The molecule has 0 saturated carbocycles. The van der Waals surface area contributed by atoms with E-state index in [1.807, 2.05) is 6.92 Å². The lowest BCUT2D eigenvalue weighted by atomic mass is 10.00. The smallest absolute Gasteiger partial charge is 0.273 e. The molecule has 1 N–H and O–H groups in total. The third-order valence-corrected chi connectivity index (χ3v) is 7.09. The van der Waals surface area contributed by atoms with Gasteiger partial charge in [0.2, 0.25) is 0 Å². The SMILES string of the molecule is C=CS(=O)(=O)c1cc(-c2cc(NC)c(=O)n(C)c2)c2oc(-c3c(C)ccc(F)c3C)cc2c1. The van der Waals surface area contributed by atoms with Crippen LogP contribution in [-0.4, -0.2) is 20.0 Å². The minimum atomic E-state index is -3.75. The Hall–Kier alpha value is -3.65. The highest BCUT2D eigenvalue weighted by Gasteiger charge is 2.21. The summed E-state index contributed by atoms with van der Waals surface area (Å²) in [5.41, 5.74) is 3.50. The van der Waals surface area contributed by atoms with Crippen LogP contribution < -0.4 is 10.9 Å². The number of aryl methyl sites for hydroxylation is 2. The van der Waals surface area contributed by atoms with Crippen molar-refractivity contribution in [2.24, 2.45) is 7.05 Å². The van der Waals surface area contributed by atoms with Crippen LogP contribution in [0.5, 0.6) is 0 Å². The Morgan fingerprint density at radius 1 is 1.15 bits per heavy atom. The molecule has 0 amide bonds. The Labute approximate surface area is 190 Å². The predicted octanol–water partition coefficient (Wildman–Crippen LogP) is 5.18. The molecule has 0 spiro atoms. The average Bonchev–Trinajstić information content (AvgIpc) is 3.21. The first kappa shape index (κ1) is 22.5. The molecule has 170 valence electrons. The fraction of sp³-hybridized carbons (Fsp3) is 0.160. The lowest BCUT2D eigenvalue weighted by Crippen LogP contribution is -2.19. The van der Waals surface area contributed by atoms with Gasteiger partial charge in [-0.15, -0.1) is 0 Å². The van der Waals surface area contributed by atoms with E-state index in [-0.39, 0.29) is 16.3 Å². The summed E-state index contributed by atoms with van der Waals surface area (Å²) in [5, 5.41) is 4.28. The van der Waals surface area contributed by atoms with E-state index in [9.17, 15) is 17.6 Å². The maximum absolute atomic E-state index is 14.3. The zero-order valence-corrected chi connectivity index (χ0v) is 19.5. The van der Waals surface area contributed by atoms with Crippen molar-refractivity contribution in [2.45, 2.75) is 18.7 Å². The fourth-order valence-corrected chi connectivity index (χ4v) is 4.73. The van der Waals surface area contributed by atoms with Crippen LogP contribution in [0.2, 0.25) is 0 Å². The van der Waals surface area contributed by atoms with Crippen LogP contribution >= 0.6 is 0 Å². The standard InChI is InChI=1S/C25H23FN2O4S/c1-6-33(30,31)18-9-16-11-22(23-14(2)7-8-20(26)15(23)3)32-24(16)19(12-18)17-10-21(27-4)25(29)28(5)13-17/h6-13,27H,1H2,2-5H3. The van der Waals surface area contributed by atoms with E-state index in [0.29, 0.717) is 44.7 Å². The van der Waals surface area contributed by atoms with Crippen molar-refractivity contribution < 1.29 is 17.2 Å². The molecule has 0 aliphatic rings. The van der Waals surface area contributed by atoms with E-state index in [0.717, 1.165) is 11.0 Å². The van der Waals surface area contributed by atoms with Gasteiger partial charge in [-0.2, -0.15) is 0 Å². The number of rotatable bonds is 5. The molecule has 0 radical (unpaired) electrons. The molecule has 2 aromatic carbocycles. The maximum atomic E-state index is 14.3. The molecule has 2 aromatic heterocycles. The molecule has 8 heteroatoms. The van der Waals surface area contributed by atoms with Gasteiger partial charge in [0.25, 0.3) is 5.56 Å². The lowest BCUT2D eigenvalue weighted by molar-refractivity contribution is 0.604. The van der Waals surface area contributed by atoms with Gasteiger partial charge in [-0.05, 0) is 55.3 Å². The molecule has 4 aromatic rings. The molecule has 0 atom stereocenters. The topological polar surface area (TPSA) is 81.3 Å². The Morgan fingerprint density at radius 2 is 1.88 bits per heavy atom. The van der Waals surface area contributed by atoms with E-state index in [2.05, 4.69) is 11.9 Å². The van der Waals surface area contributed by atoms with Crippen molar-refractivity contribution in [1.82, 2.24) is 4.57 Å². The zero-order chi connectivity index (χ0) is 24.1. The number of sulfone groups is 1. The second-order valence-electron chi connectivity index (χ2n) is 7.88. The number of nitrogens with one attached hydrogen (secondary N) is 1. The van der Waals surface area contributed by atoms with Crippen LogP contribution in [0.1, 0.15) is 11.1 Å². The third-order valence-electron chi connectivity index (χ3n) is 5.76.